The van der Waals surface area contributed by atoms with Gasteiger partial charge in [0.05, 0.1) is 0 Å². The van der Waals surface area contributed by atoms with Crippen molar-refractivity contribution in [1.29, 1.82) is 0 Å². The standard InChI is InChI=1S/C27H31BN2O2/c31-26(30-25-16-10-15-24(19-25)23-13-6-2-7-14-23)17-8-3-9-18-29-27(32)21-28-20-22-11-4-1-5-12-22/h1-2,4-7,10-16,19,28H,3,8-9,17-18,20-21H2,(H,29,32)(H,30,31). The summed E-state index contributed by atoms with van der Waals surface area (Å²) in [5.41, 5.74) is 4.30. The minimum absolute atomic E-state index is 0.0279. The van der Waals surface area contributed by atoms with Crippen molar-refractivity contribution in [2.24, 2.45) is 0 Å². The summed E-state index contributed by atoms with van der Waals surface area (Å²) in [6, 6.07) is 28.3. The molecule has 0 heterocycles. The van der Waals surface area contributed by atoms with Crippen molar-refractivity contribution in [2.75, 3.05) is 11.9 Å². The van der Waals surface area contributed by atoms with Crippen LogP contribution in [0.25, 0.3) is 11.1 Å². The van der Waals surface area contributed by atoms with E-state index in [1.165, 1.54) is 5.56 Å². The lowest BCUT2D eigenvalue weighted by Crippen LogP contribution is -2.25. The Hall–Kier alpha value is -3.34. The smallest absolute Gasteiger partial charge is 0.224 e. The predicted octanol–water partition coefficient (Wildman–Crippen LogP) is 5.02. The van der Waals surface area contributed by atoms with Gasteiger partial charge in [-0.05, 0) is 36.1 Å². The average Bonchev–Trinajstić information content (AvgIpc) is 2.83. The predicted molar refractivity (Wildman–Crippen MR) is 134 cm³/mol. The van der Waals surface area contributed by atoms with Gasteiger partial charge in [0.25, 0.3) is 0 Å². The third-order valence-electron chi connectivity index (χ3n) is 5.37. The summed E-state index contributed by atoms with van der Waals surface area (Å²) in [7, 11) is 0.863. The molecule has 0 atom stereocenters. The lowest BCUT2D eigenvalue weighted by molar-refractivity contribution is -0.119. The van der Waals surface area contributed by atoms with Crippen LogP contribution in [0.2, 0.25) is 6.32 Å². The molecule has 0 spiro atoms. The molecule has 0 aliphatic rings. The van der Waals surface area contributed by atoms with Gasteiger partial charge in [-0.15, -0.1) is 0 Å². The molecule has 2 amide bonds. The molecular weight excluding hydrogens is 395 g/mol. The zero-order valence-electron chi connectivity index (χ0n) is 18.6. The van der Waals surface area contributed by atoms with Gasteiger partial charge in [0.15, 0.2) is 0 Å². The number of rotatable bonds is 12. The summed E-state index contributed by atoms with van der Waals surface area (Å²) < 4.78 is 0. The minimum atomic E-state index is 0.0279. The van der Waals surface area contributed by atoms with E-state index in [0.717, 1.165) is 49.7 Å². The molecule has 0 radical (unpaired) electrons. The quantitative estimate of drug-likeness (QED) is 0.316. The summed E-state index contributed by atoms with van der Waals surface area (Å²) in [6.45, 7) is 0.672. The Morgan fingerprint density at radius 1 is 0.719 bits per heavy atom. The van der Waals surface area contributed by atoms with E-state index in [4.69, 9.17) is 0 Å². The minimum Gasteiger partial charge on any atom is -0.357 e. The van der Waals surface area contributed by atoms with E-state index in [-0.39, 0.29) is 11.8 Å². The molecule has 4 nitrogen and oxygen atoms in total. The number of hydrogen-bond acceptors (Lipinski definition) is 2. The van der Waals surface area contributed by atoms with Crippen LogP contribution in [0.5, 0.6) is 0 Å². The second kappa shape index (κ2) is 13.2. The normalized spacial score (nSPS) is 10.4. The number of anilines is 1. The SMILES string of the molecule is O=C(CBCc1ccccc1)NCCCCCC(=O)Nc1cccc(-c2ccccc2)c1. The number of benzene rings is 3. The zero-order chi connectivity index (χ0) is 22.4. The Kier molecular flexibility index (Phi) is 9.59. The highest BCUT2D eigenvalue weighted by atomic mass is 16.2. The molecule has 3 aromatic carbocycles. The highest BCUT2D eigenvalue weighted by Gasteiger charge is 2.05. The Labute approximate surface area is 191 Å². The van der Waals surface area contributed by atoms with Crippen molar-refractivity contribution in [3.8, 4) is 11.1 Å². The first-order valence-corrected chi connectivity index (χ1v) is 11.5. The monoisotopic (exact) mass is 426 g/mol. The maximum Gasteiger partial charge on any atom is 0.224 e. The second-order valence-electron chi connectivity index (χ2n) is 7.99. The van der Waals surface area contributed by atoms with Crippen molar-refractivity contribution in [1.82, 2.24) is 5.32 Å². The zero-order valence-corrected chi connectivity index (χ0v) is 18.6. The van der Waals surface area contributed by atoms with E-state index in [1.54, 1.807) is 0 Å². The maximum absolute atomic E-state index is 12.3. The van der Waals surface area contributed by atoms with Gasteiger partial charge in [-0.1, -0.05) is 91.1 Å². The van der Waals surface area contributed by atoms with Crippen LogP contribution in [-0.4, -0.2) is 25.6 Å². The van der Waals surface area contributed by atoms with Gasteiger partial charge in [-0.3, -0.25) is 9.59 Å². The van der Waals surface area contributed by atoms with Gasteiger partial charge in [0.2, 0.25) is 11.8 Å². The first-order chi connectivity index (χ1) is 15.7. The molecule has 0 aromatic heterocycles. The van der Waals surface area contributed by atoms with Crippen LogP contribution >= 0.6 is 0 Å². The molecule has 3 rings (SSSR count). The molecule has 164 valence electrons. The third-order valence-corrected chi connectivity index (χ3v) is 5.37. The number of carbonyl (C=O) groups is 2. The van der Waals surface area contributed by atoms with E-state index in [1.807, 2.05) is 60.7 Å². The fourth-order valence-corrected chi connectivity index (χ4v) is 3.63. The number of nitrogens with one attached hydrogen (secondary N) is 2. The Bertz CT molecular complexity index is 977. The largest absolute Gasteiger partial charge is 0.357 e. The average molecular weight is 426 g/mol. The van der Waals surface area contributed by atoms with Crippen LogP contribution < -0.4 is 10.6 Å². The van der Waals surface area contributed by atoms with Crippen LogP contribution in [0.15, 0.2) is 84.9 Å². The topological polar surface area (TPSA) is 58.2 Å². The van der Waals surface area contributed by atoms with Gasteiger partial charge in [-0.25, -0.2) is 0 Å². The molecule has 2 N–H and O–H groups in total. The summed E-state index contributed by atoms with van der Waals surface area (Å²) in [6.07, 6.45) is 4.59. The second-order valence-corrected chi connectivity index (χ2v) is 7.99. The summed E-state index contributed by atoms with van der Waals surface area (Å²) in [4.78, 5) is 24.2. The third kappa shape index (κ3) is 8.42. The molecule has 0 saturated heterocycles. The Morgan fingerprint density at radius 3 is 2.22 bits per heavy atom. The van der Waals surface area contributed by atoms with Crippen molar-refractivity contribution in [3.63, 3.8) is 0 Å². The van der Waals surface area contributed by atoms with E-state index in [0.29, 0.717) is 19.3 Å². The van der Waals surface area contributed by atoms with Crippen LogP contribution in [0.4, 0.5) is 5.69 Å². The number of hydrogen-bond donors (Lipinski definition) is 2. The molecule has 0 fully saturated rings. The van der Waals surface area contributed by atoms with Crippen molar-refractivity contribution >= 4 is 24.8 Å². The number of amides is 2. The van der Waals surface area contributed by atoms with E-state index >= 15 is 0 Å². The lowest BCUT2D eigenvalue weighted by Gasteiger charge is -2.08. The van der Waals surface area contributed by atoms with Crippen LogP contribution in [0, 0.1) is 0 Å². The molecule has 0 aliphatic heterocycles. The molecule has 5 heteroatoms. The molecule has 0 bridgehead atoms. The summed E-state index contributed by atoms with van der Waals surface area (Å²) in [5, 5.41) is 5.97. The fraction of sp³-hybridized carbons (Fsp3) is 0.259. The van der Waals surface area contributed by atoms with Gasteiger partial charge < -0.3 is 10.6 Å². The Balaban J connectivity index is 1.25. The molecule has 0 unspecified atom stereocenters. The molecule has 0 aliphatic carbocycles. The van der Waals surface area contributed by atoms with E-state index in [9.17, 15) is 9.59 Å². The van der Waals surface area contributed by atoms with Gasteiger partial charge in [0, 0.05) is 25.0 Å². The van der Waals surface area contributed by atoms with Crippen LogP contribution in [0.3, 0.4) is 0 Å². The first-order valence-electron chi connectivity index (χ1n) is 11.5. The molecule has 32 heavy (non-hydrogen) atoms. The fourth-order valence-electron chi connectivity index (χ4n) is 3.63. The van der Waals surface area contributed by atoms with Crippen molar-refractivity contribution in [3.05, 3.63) is 90.5 Å². The van der Waals surface area contributed by atoms with E-state index in [2.05, 4.69) is 34.9 Å². The van der Waals surface area contributed by atoms with Crippen LogP contribution in [-0.2, 0) is 15.9 Å². The highest BCUT2D eigenvalue weighted by molar-refractivity contribution is 6.40. The van der Waals surface area contributed by atoms with Gasteiger partial charge in [-0.2, -0.15) is 0 Å². The van der Waals surface area contributed by atoms with Gasteiger partial charge >= 0.3 is 0 Å². The molecule has 3 aromatic rings. The highest BCUT2D eigenvalue weighted by Crippen LogP contribution is 2.22. The molecular formula is C27H31BN2O2. The number of carbonyl (C=O) groups excluding carboxylic acids is 2. The van der Waals surface area contributed by atoms with Crippen LogP contribution in [0.1, 0.15) is 31.2 Å². The van der Waals surface area contributed by atoms with Gasteiger partial charge in [0.1, 0.15) is 7.28 Å². The van der Waals surface area contributed by atoms with Crippen molar-refractivity contribution < 1.29 is 9.59 Å². The maximum atomic E-state index is 12.3. The Morgan fingerprint density at radius 2 is 1.44 bits per heavy atom. The molecule has 0 saturated carbocycles. The number of unbranched alkanes of at least 4 members (excludes halogenated alkanes) is 2. The van der Waals surface area contributed by atoms with Crippen molar-refractivity contribution in [2.45, 2.75) is 38.3 Å². The summed E-state index contributed by atoms with van der Waals surface area (Å²) >= 11 is 0. The van der Waals surface area contributed by atoms with E-state index < -0.39 is 0 Å². The first kappa shape index (κ1) is 23.3. The lowest BCUT2D eigenvalue weighted by atomic mass is 9.68. The summed E-state index contributed by atoms with van der Waals surface area (Å²) in [5.74, 6) is 0.136.